The highest BCUT2D eigenvalue weighted by atomic mass is 16.2. The highest BCUT2D eigenvalue weighted by Crippen LogP contribution is 2.17. The Morgan fingerprint density at radius 2 is 2.32 bits per heavy atom. The van der Waals surface area contributed by atoms with E-state index in [-0.39, 0.29) is 11.9 Å². The van der Waals surface area contributed by atoms with E-state index in [1.165, 1.54) is 0 Å². The van der Waals surface area contributed by atoms with Gasteiger partial charge in [-0.2, -0.15) is 5.10 Å². The summed E-state index contributed by atoms with van der Waals surface area (Å²) in [5, 5.41) is 9.86. The van der Waals surface area contributed by atoms with Crippen LogP contribution in [-0.2, 0) is 4.79 Å². The standard InChI is InChI=1S/C13H23N5O/c1-8-6-18(5-4-11(8)14)7-12(19)15-13-9(2)16-17-10(13)3/h8,11H,4-7,14H2,1-3H3,(H,15,19)(H,16,17). The Morgan fingerprint density at radius 3 is 2.89 bits per heavy atom. The van der Waals surface area contributed by atoms with Gasteiger partial charge in [0.05, 0.1) is 23.6 Å². The van der Waals surface area contributed by atoms with Gasteiger partial charge in [0.25, 0.3) is 0 Å². The monoisotopic (exact) mass is 265 g/mol. The number of nitrogens with two attached hydrogens (primary N) is 1. The zero-order valence-corrected chi connectivity index (χ0v) is 11.9. The van der Waals surface area contributed by atoms with Crippen LogP contribution in [0.4, 0.5) is 5.69 Å². The van der Waals surface area contributed by atoms with Crippen molar-refractivity contribution < 1.29 is 4.79 Å². The number of H-pyrrole nitrogens is 1. The number of aromatic nitrogens is 2. The zero-order chi connectivity index (χ0) is 14.0. The number of likely N-dealkylation sites (tertiary alicyclic amines) is 1. The van der Waals surface area contributed by atoms with Crippen molar-refractivity contribution in [3.8, 4) is 0 Å². The largest absolute Gasteiger partial charge is 0.327 e. The predicted octanol–water partition coefficient (Wildman–Crippen LogP) is 0.634. The molecule has 4 N–H and O–H groups in total. The molecule has 0 bridgehead atoms. The van der Waals surface area contributed by atoms with Crippen LogP contribution < -0.4 is 11.1 Å². The van der Waals surface area contributed by atoms with Crippen LogP contribution in [0.15, 0.2) is 0 Å². The molecule has 19 heavy (non-hydrogen) atoms. The van der Waals surface area contributed by atoms with Gasteiger partial charge in [0.1, 0.15) is 0 Å². The van der Waals surface area contributed by atoms with Crippen molar-refractivity contribution in [1.82, 2.24) is 15.1 Å². The lowest BCUT2D eigenvalue weighted by molar-refractivity contribution is -0.117. The number of carbonyl (C=O) groups excluding carboxylic acids is 1. The van der Waals surface area contributed by atoms with E-state index in [0.717, 1.165) is 36.6 Å². The maximum Gasteiger partial charge on any atom is 0.238 e. The second kappa shape index (κ2) is 5.71. The Balaban J connectivity index is 1.88. The number of nitrogens with zero attached hydrogens (tertiary/aromatic N) is 2. The molecule has 0 aliphatic carbocycles. The molecule has 1 saturated heterocycles. The van der Waals surface area contributed by atoms with Crippen LogP contribution in [0.25, 0.3) is 0 Å². The highest BCUT2D eigenvalue weighted by Gasteiger charge is 2.24. The van der Waals surface area contributed by atoms with Gasteiger partial charge in [-0.05, 0) is 26.2 Å². The first-order chi connectivity index (χ1) is 8.97. The molecular formula is C13H23N5O. The lowest BCUT2D eigenvalue weighted by Gasteiger charge is -2.34. The number of nitrogens with one attached hydrogen (secondary N) is 2. The molecule has 0 aromatic carbocycles. The third-order valence-corrected chi connectivity index (χ3v) is 3.82. The van der Waals surface area contributed by atoms with Gasteiger partial charge < -0.3 is 11.1 Å². The van der Waals surface area contributed by atoms with E-state index in [9.17, 15) is 4.79 Å². The maximum absolute atomic E-state index is 12.0. The van der Waals surface area contributed by atoms with Crippen LogP contribution >= 0.6 is 0 Å². The topological polar surface area (TPSA) is 87.0 Å². The number of aromatic amines is 1. The number of piperidine rings is 1. The van der Waals surface area contributed by atoms with Gasteiger partial charge in [0.15, 0.2) is 0 Å². The van der Waals surface area contributed by atoms with E-state index in [0.29, 0.717) is 12.5 Å². The number of carbonyl (C=O) groups is 1. The van der Waals surface area contributed by atoms with Gasteiger partial charge >= 0.3 is 0 Å². The fourth-order valence-electron chi connectivity index (χ4n) is 2.51. The zero-order valence-electron chi connectivity index (χ0n) is 11.9. The molecule has 1 fully saturated rings. The molecule has 2 atom stereocenters. The summed E-state index contributed by atoms with van der Waals surface area (Å²) in [6.07, 6.45) is 0.957. The van der Waals surface area contributed by atoms with Crippen molar-refractivity contribution in [3.05, 3.63) is 11.4 Å². The summed E-state index contributed by atoms with van der Waals surface area (Å²) < 4.78 is 0. The molecule has 1 aromatic rings. The molecule has 2 unspecified atom stereocenters. The number of rotatable bonds is 3. The molecule has 1 aromatic heterocycles. The van der Waals surface area contributed by atoms with Gasteiger partial charge in [-0.1, -0.05) is 6.92 Å². The van der Waals surface area contributed by atoms with E-state index in [1.807, 2.05) is 13.8 Å². The Bertz CT molecular complexity index is 436. The third-order valence-electron chi connectivity index (χ3n) is 3.82. The number of hydrogen-bond donors (Lipinski definition) is 3. The Kier molecular flexibility index (Phi) is 4.21. The number of amides is 1. The molecule has 0 saturated carbocycles. The smallest absolute Gasteiger partial charge is 0.238 e. The minimum absolute atomic E-state index is 0.00951. The van der Waals surface area contributed by atoms with Gasteiger partial charge in [0.2, 0.25) is 5.91 Å². The normalized spacial score (nSPS) is 24.4. The number of hydrogen-bond acceptors (Lipinski definition) is 4. The summed E-state index contributed by atoms with van der Waals surface area (Å²) in [7, 11) is 0. The molecule has 0 spiro atoms. The summed E-state index contributed by atoms with van der Waals surface area (Å²) in [4.78, 5) is 14.2. The Labute approximate surface area is 113 Å². The van der Waals surface area contributed by atoms with Gasteiger partial charge in [-0.25, -0.2) is 0 Å². The third kappa shape index (κ3) is 3.33. The second-order valence-electron chi connectivity index (χ2n) is 5.52. The summed E-state index contributed by atoms with van der Waals surface area (Å²) in [6, 6.07) is 0.262. The minimum Gasteiger partial charge on any atom is -0.327 e. The molecule has 1 amide bonds. The van der Waals surface area contributed by atoms with Crippen LogP contribution in [0, 0.1) is 19.8 Å². The molecule has 1 aliphatic heterocycles. The maximum atomic E-state index is 12.0. The van der Waals surface area contributed by atoms with E-state index in [2.05, 4.69) is 27.3 Å². The predicted molar refractivity (Wildman–Crippen MR) is 74.9 cm³/mol. The molecule has 106 valence electrons. The molecule has 0 radical (unpaired) electrons. The molecule has 6 nitrogen and oxygen atoms in total. The molecular weight excluding hydrogens is 242 g/mol. The first kappa shape index (κ1) is 14.0. The van der Waals surface area contributed by atoms with Crippen LogP contribution in [0.3, 0.4) is 0 Å². The van der Waals surface area contributed by atoms with Crippen LogP contribution in [0.5, 0.6) is 0 Å². The van der Waals surface area contributed by atoms with Crippen molar-refractivity contribution in [3.63, 3.8) is 0 Å². The molecule has 1 aliphatic rings. The van der Waals surface area contributed by atoms with E-state index >= 15 is 0 Å². The molecule has 6 heteroatoms. The highest BCUT2D eigenvalue weighted by molar-refractivity contribution is 5.93. The summed E-state index contributed by atoms with van der Waals surface area (Å²) in [5.74, 6) is 0.453. The quantitative estimate of drug-likeness (QED) is 0.748. The molecule has 2 heterocycles. The van der Waals surface area contributed by atoms with Crippen molar-refractivity contribution >= 4 is 11.6 Å². The van der Waals surface area contributed by atoms with E-state index in [1.54, 1.807) is 0 Å². The lowest BCUT2D eigenvalue weighted by Crippen LogP contribution is -2.48. The summed E-state index contributed by atoms with van der Waals surface area (Å²) >= 11 is 0. The van der Waals surface area contributed by atoms with E-state index in [4.69, 9.17) is 5.73 Å². The minimum atomic E-state index is 0.00951. The Hall–Kier alpha value is -1.40. The fraction of sp³-hybridized carbons (Fsp3) is 0.692. The van der Waals surface area contributed by atoms with Crippen LogP contribution in [0.2, 0.25) is 0 Å². The summed E-state index contributed by atoms with van der Waals surface area (Å²) in [5.41, 5.74) is 8.49. The van der Waals surface area contributed by atoms with Crippen molar-refractivity contribution in [1.29, 1.82) is 0 Å². The summed E-state index contributed by atoms with van der Waals surface area (Å²) in [6.45, 7) is 8.11. The Morgan fingerprint density at radius 1 is 1.58 bits per heavy atom. The van der Waals surface area contributed by atoms with Crippen LogP contribution in [0.1, 0.15) is 24.7 Å². The van der Waals surface area contributed by atoms with E-state index < -0.39 is 0 Å². The van der Waals surface area contributed by atoms with Gasteiger partial charge in [-0.3, -0.25) is 14.8 Å². The first-order valence-electron chi connectivity index (χ1n) is 6.76. The average molecular weight is 265 g/mol. The number of anilines is 1. The SMILES string of the molecule is Cc1n[nH]c(C)c1NC(=O)CN1CCC(N)C(C)C1. The van der Waals surface area contributed by atoms with Gasteiger partial charge in [0, 0.05) is 19.1 Å². The fourth-order valence-corrected chi connectivity index (χ4v) is 2.51. The lowest BCUT2D eigenvalue weighted by atomic mass is 9.95. The number of aryl methyl sites for hydroxylation is 2. The van der Waals surface area contributed by atoms with Crippen molar-refractivity contribution in [2.24, 2.45) is 11.7 Å². The average Bonchev–Trinajstić information content (AvgIpc) is 2.66. The first-order valence-corrected chi connectivity index (χ1v) is 6.76. The van der Waals surface area contributed by atoms with Gasteiger partial charge in [-0.15, -0.1) is 0 Å². The van der Waals surface area contributed by atoms with Crippen molar-refractivity contribution in [2.75, 3.05) is 25.0 Å². The van der Waals surface area contributed by atoms with Crippen LogP contribution in [-0.4, -0.2) is 46.7 Å². The molecule has 2 rings (SSSR count). The second-order valence-corrected chi connectivity index (χ2v) is 5.52. The van der Waals surface area contributed by atoms with Crippen molar-refractivity contribution in [2.45, 2.75) is 33.2 Å².